The van der Waals surface area contributed by atoms with E-state index in [2.05, 4.69) is 21.4 Å². The van der Waals surface area contributed by atoms with Crippen LogP contribution in [0.5, 0.6) is 0 Å². The van der Waals surface area contributed by atoms with Crippen LogP contribution in [-0.4, -0.2) is 64.6 Å². The highest BCUT2D eigenvalue weighted by Crippen LogP contribution is 2.61. The van der Waals surface area contributed by atoms with Crippen LogP contribution in [0.15, 0.2) is 23.3 Å². The number of carbonyl (C=O) groups excluding carboxylic acids is 1. The second-order valence-electron chi connectivity index (χ2n) is 11.8. The number of hydrogen-bond donors (Lipinski definition) is 3. The molecule has 0 radical (unpaired) electrons. The number of pyridine rings is 1. The van der Waals surface area contributed by atoms with E-state index in [4.69, 9.17) is 4.99 Å². The predicted octanol–water partition coefficient (Wildman–Crippen LogP) is 3.17. The summed E-state index contributed by atoms with van der Waals surface area (Å²) >= 11 is 0. The first-order chi connectivity index (χ1) is 18.0. The Morgan fingerprint density at radius 2 is 1.82 bits per heavy atom. The van der Waals surface area contributed by atoms with Crippen LogP contribution in [0.4, 0.5) is 19.0 Å². The lowest BCUT2D eigenvalue weighted by molar-refractivity contribution is -0.156. The van der Waals surface area contributed by atoms with E-state index in [0.29, 0.717) is 56.6 Å². The minimum Gasteiger partial charge on any atom is -0.354 e. The second-order valence-corrected chi connectivity index (χ2v) is 11.8. The normalized spacial score (nSPS) is 31.7. The van der Waals surface area contributed by atoms with E-state index in [0.717, 1.165) is 31.5 Å². The van der Waals surface area contributed by atoms with Crippen molar-refractivity contribution in [3.63, 3.8) is 0 Å². The molecule has 1 aliphatic heterocycles. The third kappa shape index (κ3) is 4.71. The zero-order valence-corrected chi connectivity index (χ0v) is 21.6. The Labute approximate surface area is 220 Å². The number of amidine groups is 1. The molecule has 38 heavy (non-hydrogen) atoms. The van der Waals surface area contributed by atoms with Gasteiger partial charge in [-0.3, -0.25) is 25.2 Å². The van der Waals surface area contributed by atoms with Crippen molar-refractivity contribution in [2.75, 3.05) is 31.1 Å². The number of nitrogens with one attached hydrogen (secondary N) is 2. The third-order valence-electron chi connectivity index (χ3n) is 9.31. The fourth-order valence-electron chi connectivity index (χ4n) is 7.54. The minimum atomic E-state index is -4.42. The van der Waals surface area contributed by atoms with E-state index in [1.54, 1.807) is 0 Å². The van der Waals surface area contributed by atoms with Gasteiger partial charge in [-0.05, 0) is 75.8 Å². The molecule has 0 spiro atoms. The molecule has 0 aromatic carbocycles. The van der Waals surface area contributed by atoms with Crippen molar-refractivity contribution in [3.8, 4) is 6.19 Å². The summed E-state index contributed by atoms with van der Waals surface area (Å²) in [5, 5.41) is 21.7. The Morgan fingerprint density at radius 3 is 2.34 bits per heavy atom. The number of amides is 1. The van der Waals surface area contributed by atoms with Crippen LogP contribution in [0.1, 0.15) is 51.5 Å². The van der Waals surface area contributed by atoms with Gasteiger partial charge in [0.15, 0.2) is 6.19 Å². The Balaban J connectivity index is 1.29. The van der Waals surface area contributed by atoms with Crippen molar-refractivity contribution in [1.82, 2.24) is 20.7 Å². The summed E-state index contributed by atoms with van der Waals surface area (Å²) < 4.78 is 38.7. The maximum absolute atomic E-state index is 12.9. The Morgan fingerprint density at radius 1 is 1.16 bits per heavy atom. The zero-order chi connectivity index (χ0) is 27.3. The number of rotatable bonds is 5. The average molecular weight is 534 g/mol. The molecule has 5 fully saturated rings. The summed E-state index contributed by atoms with van der Waals surface area (Å²) in [6.45, 7) is 6.47. The van der Waals surface area contributed by atoms with Crippen molar-refractivity contribution in [2.45, 2.75) is 63.7 Å². The Kier molecular flexibility index (Phi) is 6.80. The summed E-state index contributed by atoms with van der Waals surface area (Å²) in [4.78, 5) is 25.9. The Bertz CT molecular complexity index is 1110. The van der Waals surface area contributed by atoms with Gasteiger partial charge in [-0.25, -0.2) is 10.5 Å². The molecule has 1 aromatic rings. The number of halogens is 3. The molecule has 2 atom stereocenters. The molecule has 1 amide bonds. The van der Waals surface area contributed by atoms with Crippen molar-refractivity contribution in [3.05, 3.63) is 23.9 Å². The highest BCUT2D eigenvalue weighted by atomic mass is 19.4. The maximum atomic E-state index is 12.9. The van der Waals surface area contributed by atoms with Crippen molar-refractivity contribution in [1.29, 1.82) is 5.26 Å². The number of nitriles is 1. The quantitative estimate of drug-likeness (QED) is 0.133. The molecular formula is C26H34F3N7O2. The zero-order valence-electron chi connectivity index (χ0n) is 21.6. The molecule has 6 rings (SSSR count). The molecule has 2 heterocycles. The lowest BCUT2D eigenvalue weighted by Crippen LogP contribution is -2.62. The van der Waals surface area contributed by atoms with Gasteiger partial charge in [0.25, 0.3) is 0 Å². The number of hydrogen-bond acceptors (Lipinski definition) is 7. The first-order valence-corrected chi connectivity index (χ1v) is 13.2. The van der Waals surface area contributed by atoms with Gasteiger partial charge in [-0.1, -0.05) is 0 Å². The van der Waals surface area contributed by atoms with Crippen molar-refractivity contribution >= 4 is 17.6 Å². The van der Waals surface area contributed by atoms with Crippen LogP contribution in [0, 0.1) is 34.6 Å². The topological polar surface area (TPSA) is 117 Å². The number of aromatic nitrogens is 1. The van der Waals surface area contributed by atoms with Crippen LogP contribution in [0.3, 0.4) is 0 Å². The molecule has 1 aromatic heterocycles. The molecule has 2 unspecified atom stereocenters. The van der Waals surface area contributed by atoms with Gasteiger partial charge in [0, 0.05) is 32.4 Å². The van der Waals surface area contributed by atoms with Crippen LogP contribution < -0.4 is 15.7 Å². The second kappa shape index (κ2) is 9.68. The van der Waals surface area contributed by atoms with Crippen LogP contribution in [-0.2, 0) is 11.0 Å². The molecule has 206 valence electrons. The van der Waals surface area contributed by atoms with E-state index >= 15 is 0 Å². The van der Waals surface area contributed by atoms with E-state index in [1.807, 2.05) is 24.2 Å². The number of carbonyl (C=O) groups is 1. The van der Waals surface area contributed by atoms with Crippen LogP contribution in [0.2, 0.25) is 0 Å². The largest absolute Gasteiger partial charge is 0.417 e. The number of hydroxylamine groups is 1. The van der Waals surface area contributed by atoms with E-state index < -0.39 is 22.7 Å². The molecule has 4 saturated carbocycles. The number of nitrogens with zero attached hydrogens (tertiary/aromatic N) is 5. The fourth-order valence-corrected chi connectivity index (χ4v) is 7.54. The van der Waals surface area contributed by atoms with Gasteiger partial charge < -0.3 is 4.90 Å². The summed E-state index contributed by atoms with van der Waals surface area (Å²) in [5.41, 5.74) is 0.0333. The molecule has 9 nitrogen and oxygen atoms in total. The Hall–Kier alpha value is -2.91. The maximum Gasteiger partial charge on any atom is 0.417 e. The number of piperazine rings is 1. The van der Waals surface area contributed by atoms with E-state index in [9.17, 15) is 28.4 Å². The summed E-state index contributed by atoms with van der Waals surface area (Å²) in [7, 11) is 0. The lowest BCUT2D eigenvalue weighted by Gasteiger charge is -2.58. The van der Waals surface area contributed by atoms with Gasteiger partial charge in [-0.2, -0.15) is 18.4 Å². The van der Waals surface area contributed by atoms with E-state index in [1.165, 1.54) is 6.07 Å². The molecule has 4 aliphatic carbocycles. The van der Waals surface area contributed by atoms with Crippen LogP contribution in [0.25, 0.3) is 0 Å². The molecule has 1 saturated heterocycles. The standard InChI is InChI=1S/C26H34F3N7O2/c1-24(2,36-7-5-35(6-8-36)20-4-3-19(14-31-20)26(27,28)29)22(32-15-30)33-21-17-9-16-10-18(21)13-25(11-16,12-17)23(37)34-38/h3-4,14,16-18,21,38H,5-13H2,1-2H3,(H,32,33)(H,34,37). The average Bonchev–Trinajstić information content (AvgIpc) is 2.88. The van der Waals surface area contributed by atoms with Gasteiger partial charge in [0.05, 0.1) is 22.6 Å². The predicted molar refractivity (Wildman–Crippen MR) is 133 cm³/mol. The SMILES string of the molecule is CC(C)(C(=NC1C2CC3CC1CC(C(=O)NO)(C3)C2)NC#N)N1CCN(c2ccc(C(F)(F)F)cn2)CC1. The fraction of sp³-hybridized carbons (Fsp3) is 0.692. The lowest BCUT2D eigenvalue weighted by atomic mass is 9.47. The first kappa shape index (κ1) is 26.7. The summed E-state index contributed by atoms with van der Waals surface area (Å²) in [6, 6.07) is 2.47. The molecule has 5 aliphatic rings. The summed E-state index contributed by atoms with van der Waals surface area (Å²) in [5.74, 6) is 1.74. The van der Waals surface area contributed by atoms with Gasteiger partial charge >= 0.3 is 6.18 Å². The monoisotopic (exact) mass is 533 g/mol. The molecular weight excluding hydrogens is 499 g/mol. The minimum absolute atomic E-state index is 0.0129. The molecule has 4 bridgehead atoms. The van der Waals surface area contributed by atoms with Gasteiger partial charge in [0.2, 0.25) is 5.91 Å². The number of anilines is 1. The van der Waals surface area contributed by atoms with Gasteiger partial charge in [0.1, 0.15) is 11.7 Å². The van der Waals surface area contributed by atoms with Crippen molar-refractivity contribution < 1.29 is 23.2 Å². The highest BCUT2D eigenvalue weighted by Gasteiger charge is 2.58. The number of aliphatic imine (C=N–C) groups is 1. The smallest absolute Gasteiger partial charge is 0.354 e. The highest BCUT2D eigenvalue weighted by molar-refractivity contribution is 5.92. The third-order valence-corrected chi connectivity index (χ3v) is 9.31. The van der Waals surface area contributed by atoms with E-state index in [-0.39, 0.29) is 23.8 Å². The van der Waals surface area contributed by atoms with Crippen molar-refractivity contribution in [2.24, 2.45) is 28.2 Å². The summed E-state index contributed by atoms with van der Waals surface area (Å²) in [6.07, 6.45) is 2.72. The first-order valence-electron chi connectivity index (χ1n) is 13.2. The number of alkyl halides is 3. The molecule has 3 N–H and O–H groups in total. The van der Waals surface area contributed by atoms with Crippen LogP contribution >= 0.6 is 0 Å². The van der Waals surface area contributed by atoms with Gasteiger partial charge in [-0.15, -0.1) is 0 Å². The molecule has 12 heteroatoms.